The van der Waals surface area contributed by atoms with E-state index in [1.54, 1.807) is 27.9 Å². The average molecular weight is 285 g/mol. The van der Waals surface area contributed by atoms with E-state index in [4.69, 9.17) is 4.74 Å². The first-order chi connectivity index (χ1) is 8.67. The van der Waals surface area contributed by atoms with Crippen molar-refractivity contribution in [1.82, 2.24) is 0 Å². The molecule has 0 saturated carbocycles. The van der Waals surface area contributed by atoms with Crippen LogP contribution in [0.5, 0.6) is 5.75 Å². The van der Waals surface area contributed by atoms with Crippen LogP contribution >= 0.6 is 0 Å². The fraction of sp³-hybridized carbons (Fsp3) is 0.571. The van der Waals surface area contributed by atoms with Crippen LogP contribution in [-0.4, -0.2) is 32.6 Å². The SMILES string of the molecule is COc1ccc(C)cc1NCCS(=O)(=O)C(C)(C)C. The number of aryl methyl sites for hydroxylation is 1. The van der Waals surface area contributed by atoms with E-state index in [-0.39, 0.29) is 5.75 Å². The van der Waals surface area contributed by atoms with Crippen LogP contribution in [-0.2, 0) is 9.84 Å². The molecule has 0 heterocycles. The summed E-state index contributed by atoms with van der Waals surface area (Å²) in [6.07, 6.45) is 0. The molecule has 0 amide bonds. The lowest BCUT2D eigenvalue weighted by Crippen LogP contribution is -2.32. The van der Waals surface area contributed by atoms with Gasteiger partial charge in [0, 0.05) is 6.54 Å². The number of nitrogens with one attached hydrogen (secondary N) is 1. The molecule has 4 nitrogen and oxygen atoms in total. The number of benzene rings is 1. The fourth-order valence-electron chi connectivity index (χ4n) is 1.59. The first-order valence-electron chi connectivity index (χ1n) is 6.28. The van der Waals surface area contributed by atoms with Crippen LogP contribution < -0.4 is 10.1 Å². The van der Waals surface area contributed by atoms with E-state index in [2.05, 4.69) is 5.32 Å². The minimum Gasteiger partial charge on any atom is -0.495 e. The van der Waals surface area contributed by atoms with Gasteiger partial charge >= 0.3 is 0 Å². The largest absolute Gasteiger partial charge is 0.495 e. The normalized spacial score (nSPS) is 12.3. The Kier molecular flexibility index (Phi) is 4.85. The Hall–Kier alpha value is -1.23. The van der Waals surface area contributed by atoms with Crippen molar-refractivity contribution >= 4 is 15.5 Å². The fourth-order valence-corrected chi connectivity index (χ4v) is 2.57. The second-order valence-electron chi connectivity index (χ2n) is 5.56. The summed E-state index contributed by atoms with van der Waals surface area (Å²) in [5.41, 5.74) is 1.92. The number of hydrogen-bond acceptors (Lipinski definition) is 4. The summed E-state index contributed by atoms with van der Waals surface area (Å²) in [6.45, 7) is 7.51. The maximum absolute atomic E-state index is 12.0. The zero-order valence-corrected chi connectivity index (χ0v) is 13.1. The lowest BCUT2D eigenvalue weighted by atomic mass is 10.2. The molecule has 0 aliphatic rings. The Morgan fingerprint density at radius 3 is 2.42 bits per heavy atom. The van der Waals surface area contributed by atoms with Gasteiger partial charge in [0.2, 0.25) is 0 Å². The van der Waals surface area contributed by atoms with Gasteiger partial charge in [0.05, 0.1) is 23.3 Å². The molecule has 0 aromatic heterocycles. The number of ether oxygens (including phenoxy) is 1. The second-order valence-corrected chi connectivity index (χ2v) is 8.42. The number of hydrogen-bond donors (Lipinski definition) is 1. The maximum Gasteiger partial charge on any atom is 0.156 e. The summed E-state index contributed by atoms with van der Waals surface area (Å²) in [6, 6.07) is 5.77. The van der Waals surface area contributed by atoms with Gasteiger partial charge in [0.25, 0.3) is 0 Å². The summed E-state index contributed by atoms with van der Waals surface area (Å²) < 4.78 is 28.5. The van der Waals surface area contributed by atoms with Crippen LogP contribution in [0.25, 0.3) is 0 Å². The van der Waals surface area contributed by atoms with Gasteiger partial charge < -0.3 is 10.1 Å². The number of rotatable bonds is 5. The zero-order valence-electron chi connectivity index (χ0n) is 12.3. The van der Waals surface area contributed by atoms with Gasteiger partial charge in [-0.3, -0.25) is 0 Å². The molecule has 0 fully saturated rings. The molecule has 1 aromatic rings. The quantitative estimate of drug-likeness (QED) is 0.903. The monoisotopic (exact) mass is 285 g/mol. The zero-order chi connectivity index (χ0) is 14.7. The minimum absolute atomic E-state index is 0.105. The Morgan fingerprint density at radius 2 is 1.89 bits per heavy atom. The highest BCUT2D eigenvalue weighted by molar-refractivity contribution is 7.92. The standard InChI is InChI=1S/C14H23NO3S/c1-11-6-7-13(18-5)12(10-11)15-8-9-19(16,17)14(2,3)4/h6-7,10,15H,8-9H2,1-5H3. The van der Waals surface area contributed by atoms with Crippen LogP contribution in [0.3, 0.4) is 0 Å². The summed E-state index contributed by atoms with van der Waals surface area (Å²) in [7, 11) is -1.50. The molecule has 0 atom stereocenters. The highest BCUT2D eigenvalue weighted by Crippen LogP contribution is 2.25. The van der Waals surface area contributed by atoms with E-state index >= 15 is 0 Å². The van der Waals surface area contributed by atoms with Crippen molar-refractivity contribution < 1.29 is 13.2 Å². The van der Waals surface area contributed by atoms with Crippen molar-refractivity contribution in [2.75, 3.05) is 24.7 Å². The first kappa shape index (κ1) is 15.8. The Labute approximate surface area is 116 Å². The molecule has 0 spiro atoms. The van der Waals surface area contributed by atoms with Gasteiger partial charge in [-0.1, -0.05) is 6.07 Å². The topological polar surface area (TPSA) is 55.4 Å². The molecule has 1 N–H and O–H groups in total. The molecule has 108 valence electrons. The van der Waals surface area contributed by atoms with Gasteiger partial charge in [0.1, 0.15) is 5.75 Å². The van der Waals surface area contributed by atoms with E-state index in [1.165, 1.54) is 0 Å². The molecule has 0 aliphatic heterocycles. The van der Waals surface area contributed by atoms with Gasteiger partial charge in [-0.2, -0.15) is 0 Å². The summed E-state index contributed by atoms with van der Waals surface area (Å²) in [4.78, 5) is 0. The van der Waals surface area contributed by atoms with Crippen LogP contribution in [0.2, 0.25) is 0 Å². The highest BCUT2D eigenvalue weighted by Gasteiger charge is 2.28. The first-order valence-corrected chi connectivity index (χ1v) is 7.93. The Morgan fingerprint density at radius 1 is 1.26 bits per heavy atom. The molecule has 19 heavy (non-hydrogen) atoms. The highest BCUT2D eigenvalue weighted by atomic mass is 32.2. The molecule has 0 radical (unpaired) electrons. The van der Waals surface area contributed by atoms with Crippen molar-refractivity contribution in [3.8, 4) is 5.75 Å². The molecular weight excluding hydrogens is 262 g/mol. The van der Waals surface area contributed by atoms with Crippen molar-refractivity contribution in [2.24, 2.45) is 0 Å². The molecule has 5 heteroatoms. The number of sulfone groups is 1. The second kappa shape index (κ2) is 5.82. The third kappa shape index (κ3) is 4.13. The van der Waals surface area contributed by atoms with E-state index < -0.39 is 14.6 Å². The molecular formula is C14H23NO3S. The lowest BCUT2D eigenvalue weighted by Gasteiger charge is -2.19. The Bertz CT molecular complexity index is 530. The molecule has 0 saturated heterocycles. The van der Waals surface area contributed by atoms with Gasteiger partial charge in [-0.25, -0.2) is 8.42 Å². The van der Waals surface area contributed by atoms with E-state index in [0.717, 1.165) is 17.0 Å². The number of anilines is 1. The maximum atomic E-state index is 12.0. The van der Waals surface area contributed by atoms with Crippen LogP contribution in [0.15, 0.2) is 18.2 Å². The van der Waals surface area contributed by atoms with Crippen LogP contribution in [0.4, 0.5) is 5.69 Å². The summed E-state index contributed by atoms with van der Waals surface area (Å²) >= 11 is 0. The van der Waals surface area contributed by atoms with Crippen molar-refractivity contribution in [1.29, 1.82) is 0 Å². The van der Waals surface area contributed by atoms with E-state index in [9.17, 15) is 8.42 Å². The molecule has 1 rings (SSSR count). The van der Waals surface area contributed by atoms with E-state index in [1.807, 2.05) is 25.1 Å². The minimum atomic E-state index is -3.10. The molecule has 0 bridgehead atoms. The third-order valence-corrected chi connectivity index (χ3v) is 5.58. The number of methoxy groups -OCH3 is 1. The molecule has 0 unspecified atom stereocenters. The Balaban J connectivity index is 2.71. The van der Waals surface area contributed by atoms with Gasteiger partial charge in [-0.15, -0.1) is 0 Å². The summed E-state index contributed by atoms with van der Waals surface area (Å²) in [5.74, 6) is 0.826. The smallest absolute Gasteiger partial charge is 0.156 e. The van der Waals surface area contributed by atoms with Crippen LogP contribution in [0, 0.1) is 6.92 Å². The lowest BCUT2D eigenvalue weighted by molar-refractivity contribution is 0.416. The van der Waals surface area contributed by atoms with Gasteiger partial charge in [-0.05, 0) is 45.4 Å². The van der Waals surface area contributed by atoms with E-state index in [0.29, 0.717) is 6.54 Å². The third-order valence-electron chi connectivity index (χ3n) is 2.97. The molecule has 1 aromatic carbocycles. The summed E-state index contributed by atoms with van der Waals surface area (Å²) in [5, 5.41) is 3.13. The average Bonchev–Trinajstić information content (AvgIpc) is 2.27. The molecule has 0 aliphatic carbocycles. The van der Waals surface area contributed by atoms with Crippen molar-refractivity contribution in [3.63, 3.8) is 0 Å². The van der Waals surface area contributed by atoms with Crippen molar-refractivity contribution in [2.45, 2.75) is 32.4 Å². The predicted octanol–water partition coefficient (Wildman–Crippen LogP) is 2.63. The van der Waals surface area contributed by atoms with Gasteiger partial charge in [0.15, 0.2) is 9.84 Å². The van der Waals surface area contributed by atoms with Crippen LogP contribution in [0.1, 0.15) is 26.3 Å². The predicted molar refractivity (Wildman–Crippen MR) is 79.8 cm³/mol. The van der Waals surface area contributed by atoms with Crippen molar-refractivity contribution in [3.05, 3.63) is 23.8 Å².